The van der Waals surface area contributed by atoms with Crippen molar-refractivity contribution >= 4 is 11.7 Å². The topological polar surface area (TPSA) is 75.4 Å². The number of amides is 1. The molecule has 0 aliphatic heterocycles. The maximum Gasteiger partial charge on any atom is 0.260 e. The molecule has 0 aliphatic carbocycles. The summed E-state index contributed by atoms with van der Waals surface area (Å²) in [6.07, 6.45) is 4.19. The van der Waals surface area contributed by atoms with Crippen molar-refractivity contribution in [2.24, 2.45) is 0 Å². The molecular weight excluding hydrogens is 196 g/mol. The van der Waals surface area contributed by atoms with Crippen LogP contribution in [-0.2, 0) is 0 Å². The fraction of sp³-hybridized carbons (Fsp3) is 0. The zero-order valence-electron chi connectivity index (χ0n) is 7.68. The van der Waals surface area contributed by atoms with Crippen LogP contribution in [0.15, 0.2) is 41.3 Å². The number of nitrogens with one attached hydrogen (secondary N) is 1. The quantitative estimate of drug-likeness (QED) is 0.779. The second-order valence-corrected chi connectivity index (χ2v) is 2.84. The minimum absolute atomic E-state index is 0.0747. The number of furan rings is 1. The molecule has 0 unspecified atom stereocenters. The van der Waals surface area contributed by atoms with Crippen LogP contribution in [0.4, 0.5) is 5.82 Å². The zero-order valence-corrected chi connectivity index (χ0v) is 7.68. The summed E-state index contributed by atoms with van der Waals surface area (Å²) in [4.78, 5) is 15.3. The lowest BCUT2D eigenvalue weighted by atomic mass is 10.3. The van der Waals surface area contributed by atoms with Gasteiger partial charge >= 0.3 is 0 Å². The molecule has 2 aromatic heterocycles. The molecule has 5 nitrogen and oxygen atoms in total. The number of aromatic nitrogens is 1. The highest BCUT2D eigenvalue weighted by Gasteiger charge is 2.09. The summed E-state index contributed by atoms with van der Waals surface area (Å²) >= 11 is 0. The van der Waals surface area contributed by atoms with Gasteiger partial charge in [0.15, 0.2) is 11.6 Å². The molecule has 15 heavy (non-hydrogen) atoms. The van der Waals surface area contributed by atoms with E-state index in [0.29, 0.717) is 5.56 Å². The Morgan fingerprint density at radius 3 is 3.00 bits per heavy atom. The number of aromatic hydroxyl groups is 1. The maximum atomic E-state index is 11.5. The SMILES string of the molecule is O=C(Nc1ncccc1O)c1ccoc1. The average Bonchev–Trinajstić information content (AvgIpc) is 2.74. The van der Waals surface area contributed by atoms with Crippen LogP contribution in [0.25, 0.3) is 0 Å². The Kier molecular flexibility index (Phi) is 2.37. The molecule has 0 radical (unpaired) electrons. The molecule has 0 spiro atoms. The van der Waals surface area contributed by atoms with Gasteiger partial charge in [-0.05, 0) is 18.2 Å². The summed E-state index contributed by atoms with van der Waals surface area (Å²) < 4.78 is 4.76. The smallest absolute Gasteiger partial charge is 0.260 e. The lowest BCUT2D eigenvalue weighted by Gasteiger charge is -2.03. The molecular formula is C10H8N2O3. The van der Waals surface area contributed by atoms with Gasteiger partial charge in [-0.25, -0.2) is 4.98 Å². The number of hydrogen-bond acceptors (Lipinski definition) is 4. The minimum atomic E-state index is -0.377. The summed E-state index contributed by atoms with van der Waals surface area (Å²) in [7, 11) is 0. The van der Waals surface area contributed by atoms with E-state index in [-0.39, 0.29) is 17.5 Å². The van der Waals surface area contributed by atoms with E-state index in [1.165, 1.54) is 30.9 Å². The Hall–Kier alpha value is -2.30. The van der Waals surface area contributed by atoms with Gasteiger partial charge in [-0.2, -0.15) is 0 Å². The summed E-state index contributed by atoms with van der Waals surface area (Å²) in [5, 5.41) is 11.8. The fourth-order valence-electron chi connectivity index (χ4n) is 1.07. The molecule has 0 atom stereocenters. The first-order valence-electron chi connectivity index (χ1n) is 4.25. The second kappa shape index (κ2) is 3.83. The van der Waals surface area contributed by atoms with Crippen LogP contribution in [0.5, 0.6) is 5.75 Å². The summed E-state index contributed by atoms with van der Waals surface area (Å²) in [5.74, 6) is -0.323. The molecule has 2 N–H and O–H groups in total. The van der Waals surface area contributed by atoms with E-state index in [1.807, 2.05) is 0 Å². The highest BCUT2D eigenvalue weighted by molar-refractivity contribution is 6.04. The number of hydrogen-bond donors (Lipinski definition) is 2. The summed E-state index contributed by atoms with van der Waals surface area (Å²) in [6.45, 7) is 0. The van der Waals surface area contributed by atoms with Crippen molar-refractivity contribution in [3.05, 3.63) is 42.5 Å². The van der Waals surface area contributed by atoms with E-state index >= 15 is 0 Å². The van der Waals surface area contributed by atoms with E-state index in [4.69, 9.17) is 4.42 Å². The van der Waals surface area contributed by atoms with Gasteiger partial charge in [-0.15, -0.1) is 0 Å². The number of pyridine rings is 1. The van der Waals surface area contributed by atoms with E-state index in [2.05, 4.69) is 10.3 Å². The van der Waals surface area contributed by atoms with Crippen LogP contribution in [0.1, 0.15) is 10.4 Å². The first-order valence-corrected chi connectivity index (χ1v) is 4.25. The molecule has 0 saturated heterocycles. The van der Waals surface area contributed by atoms with Gasteiger partial charge in [0.25, 0.3) is 5.91 Å². The third-order valence-electron chi connectivity index (χ3n) is 1.80. The second-order valence-electron chi connectivity index (χ2n) is 2.84. The van der Waals surface area contributed by atoms with Crippen LogP contribution in [-0.4, -0.2) is 16.0 Å². The predicted molar refractivity (Wildman–Crippen MR) is 52.6 cm³/mol. The van der Waals surface area contributed by atoms with Crippen LogP contribution >= 0.6 is 0 Å². The molecule has 0 bridgehead atoms. The highest BCUT2D eigenvalue weighted by atomic mass is 16.3. The van der Waals surface area contributed by atoms with E-state index < -0.39 is 0 Å². The van der Waals surface area contributed by atoms with Crippen molar-refractivity contribution in [2.45, 2.75) is 0 Å². The van der Waals surface area contributed by atoms with Gasteiger partial charge in [-0.3, -0.25) is 4.79 Å². The van der Waals surface area contributed by atoms with E-state index in [9.17, 15) is 9.90 Å². The standard InChI is InChI=1S/C10H8N2O3/c13-8-2-1-4-11-9(8)12-10(14)7-3-5-15-6-7/h1-6,13H,(H,11,12,14). The molecule has 0 aliphatic rings. The zero-order chi connectivity index (χ0) is 10.7. The van der Waals surface area contributed by atoms with E-state index in [0.717, 1.165) is 0 Å². The predicted octanol–water partition coefficient (Wildman–Crippen LogP) is 1.63. The fourth-order valence-corrected chi connectivity index (χ4v) is 1.07. The van der Waals surface area contributed by atoms with E-state index in [1.54, 1.807) is 6.07 Å². The number of rotatable bonds is 2. The van der Waals surface area contributed by atoms with Crippen molar-refractivity contribution in [3.8, 4) is 5.75 Å². The minimum Gasteiger partial charge on any atom is -0.504 e. The van der Waals surface area contributed by atoms with Crippen molar-refractivity contribution < 1.29 is 14.3 Å². The van der Waals surface area contributed by atoms with Crippen LogP contribution in [0, 0.1) is 0 Å². The number of carbonyl (C=O) groups excluding carboxylic acids is 1. The van der Waals surface area contributed by atoms with Crippen molar-refractivity contribution in [1.82, 2.24) is 4.98 Å². The Balaban J connectivity index is 2.17. The van der Waals surface area contributed by atoms with Gasteiger partial charge in [0, 0.05) is 6.20 Å². The highest BCUT2D eigenvalue weighted by Crippen LogP contribution is 2.18. The number of anilines is 1. The Bertz CT molecular complexity index is 465. The van der Waals surface area contributed by atoms with Crippen LogP contribution < -0.4 is 5.32 Å². The van der Waals surface area contributed by atoms with Gasteiger partial charge in [0.05, 0.1) is 11.8 Å². The molecule has 76 valence electrons. The molecule has 0 fully saturated rings. The monoisotopic (exact) mass is 204 g/mol. The van der Waals surface area contributed by atoms with Gasteiger partial charge in [0.2, 0.25) is 0 Å². The van der Waals surface area contributed by atoms with Gasteiger partial charge in [-0.1, -0.05) is 0 Å². The maximum absolute atomic E-state index is 11.5. The molecule has 5 heteroatoms. The van der Waals surface area contributed by atoms with Crippen molar-refractivity contribution in [3.63, 3.8) is 0 Å². The molecule has 0 aromatic carbocycles. The summed E-state index contributed by atoms with van der Waals surface area (Å²) in [5.41, 5.74) is 0.375. The summed E-state index contributed by atoms with van der Waals surface area (Å²) in [6, 6.07) is 4.54. The molecule has 1 amide bonds. The van der Waals surface area contributed by atoms with Gasteiger partial charge in [0.1, 0.15) is 6.26 Å². The third kappa shape index (κ3) is 1.96. The largest absolute Gasteiger partial charge is 0.504 e. The first kappa shape index (κ1) is 9.26. The normalized spacial score (nSPS) is 9.87. The molecule has 2 heterocycles. The Morgan fingerprint density at radius 1 is 1.47 bits per heavy atom. The van der Waals surface area contributed by atoms with Gasteiger partial charge < -0.3 is 14.8 Å². The lowest BCUT2D eigenvalue weighted by molar-refractivity contribution is 0.102. The first-order chi connectivity index (χ1) is 7.27. The molecule has 2 rings (SSSR count). The third-order valence-corrected chi connectivity index (χ3v) is 1.80. The number of carbonyl (C=O) groups is 1. The molecule has 2 aromatic rings. The van der Waals surface area contributed by atoms with Crippen LogP contribution in [0.2, 0.25) is 0 Å². The van der Waals surface area contributed by atoms with Crippen molar-refractivity contribution in [2.75, 3.05) is 5.32 Å². The Morgan fingerprint density at radius 2 is 2.33 bits per heavy atom. The Labute approximate surface area is 85.4 Å². The average molecular weight is 204 g/mol. The molecule has 0 saturated carbocycles. The van der Waals surface area contributed by atoms with Crippen LogP contribution in [0.3, 0.4) is 0 Å². The lowest BCUT2D eigenvalue weighted by Crippen LogP contribution is -2.11. The number of nitrogens with zero attached hydrogens (tertiary/aromatic N) is 1. The van der Waals surface area contributed by atoms with Crippen molar-refractivity contribution in [1.29, 1.82) is 0 Å².